The van der Waals surface area contributed by atoms with Crippen molar-refractivity contribution in [3.8, 4) is 22.3 Å². The second-order valence-electron chi connectivity index (χ2n) is 4.57. The van der Waals surface area contributed by atoms with Crippen LogP contribution in [0, 0.1) is 0 Å². The van der Waals surface area contributed by atoms with Crippen LogP contribution in [0.5, 0.6) is 0 Å². The highest BCUT2D eigenvalue weighted by Crippen LogP contribution is 2.33. The van der Waals surface area contributed by atoms with E-state index in [1.54, 1.807) is 0 Å². The summed E-state index contributed by atoms with van der Waals surface area (Å²) in [4.78, 5) is 0. The maximum Gasteiger partial charge on any atom is 0.0406 e. The Hall–Kier alpha value is -1.57. The predicted octanol–water partition coefficient (Wildman–Crippen LogP) is 6.44. The van der Waals surface area contributed by atoms with Gasteiger partial charge in [0.1, 0.15) is 0 Å². The van der Waals surface area contributed by atoms with Crippen molar-refractivity contribution in [2.75, 3.05) is 0 Å². The molecular weight excluding hydrogens is 332 g/mol. The van der Waals surface area contributed by atoms with Gasteiger partial charge in [-0.15, -0.1) is 0 Å². The first-order valence-corrected chi connectivity index (χ1v) is 7.52. The van der Waals surface area contributed by atoms with E-state index >= 15 is 0 Å². The molecule has 98 valence electrons. The van der Waals surface area contributed by atoms with Crippen LogP contribution in [0.2, 0.25) is 5.02 Å². The number of rotatable bonds is 2. The van der Waals surface area contributed by atoms with Crippen molar-refractivity contribution in [3.05, 3.63) is 82.3 Å². The van der Waals surface area contributed by atoms with E-state index in [-0.39, 0.29) is 0 Å². The lowest BCUT2D eigenvalue weighted by Crippen LogP contribution is -1.83. The van der Waals surface area contributed by atoms with E-state index in [2.05, 4.69) is 58.4 Å². The Balaban J connectivity index is 2.09. The molecule has 0 aliphatic heterocycles. The summed E-state index contributed by atoms with van der Waals surface area (Å²) in [6.07, 6.45) is 0. The Morgan fingerprint density at radius 1 is 0.650 bits per heavy atom. The molecule has 0 heterocycles. The normalized spacial score (nSPS) is 10.5. The van der Waals surface area contributed by atoms with Gasteiger partial charge in [-0.1, -0.05) is 76.1 Å². The minimum absolute atomic E-state index is 0.758. The Labute approximate surface area is 132 Å². The smallest absolute Gasteiger partial charge is 0.0406 e. The maximum atomic E-state index is 5.94. The molecule has 0 aromatic heterocycles. The molecule has 20 heavy (non-hydrogen) atoms. The molecule has 0 aliphatic carbocycles. The van der Waals surface area contributed by atoms with Crippen molar-refractivity contribution >= 4 is 27.5 Å². The van der Waals surface area contributed by atoms with Gasteiger partial charge in [0.05, 0.1) is 0 Å². The zero-order valence-electron chi connectivity index (χ0n) is 10.7. The van der Waals surface area contributed by atoms with Gasteiger partial charge in [-0.25, -0.2) is 0 Å². The van der Waals surface area contributed by atoms with Gasteiger partial charge in [0.25, 0.3) is 0 Å². The molecule has 3 aromatic rings. The third kappa shape index (κ3) is 2.79. The van der Waals surface area contributed by atoms with Gasteiger partial charge < -0.3 is 0 Å². The quantitative estimate of drug-likeness (QED) is 0.502. The average Bonchev–Trinajstić information content (AvgIpc) is 2.50. The summed E-state index contributed by atoms with van der Waals surface area (Å²) in [5.41, 5.74) is 4.75. The van der Waals surface area contributed by atoms with Gasteiger partial charge in [-0.2, -0.15) is 0 Å². The van der Waals surface area contributed by atoms with E-state index < -0.39 is 0 Å². The maximum absolute atomic E-state index is 5.94. The zero-order chi connectivity index (χ0) is 13.9. The van der Waals surface area contributed by atoms with Crippen molar-refractivity contribution in [1.29, 1.82) is 0 Å². The van der Waals surface area contributed by atoms with E-state index in [4.69, 9.17) is 11.6 Å². The van der Waals surface area contributed by atoms with E-state index in [0.717, 1.165) is 9.50 Å². The SMILES string of the molecule is Clc1ccc(-c2ccc(Br)c(-c3ccccc3)c2)cc1. The van der Waals surface area contributed by atoms with Crippen molar-refractivity contribution in [2.45, 2.75) is 0 Å². The molecule has 0 radical (unpaired) electrons. The van der Waals surface area contributed by atoms with Crippen LogP contribution in [-0.4, -0.2) is 0 Å². The zero-order valence-corrected chi connectivity index (χ0v) is 13.0. The van der Waals surface area contributed by atoms with Crippen LogP contribution in [0.3, 0.4) is 0 Å². The van der Waals surface area contributed by atoms with Crippen molar-refractivity contribution in [3.63, 3.8) is 0 Å². The first kappa shape index (κ1) is 13.4. The molecule has 0 aliphatic rings. The van der Waals surface area contributed by atoms with Gasteiger partial charge in [0.2, 0.25) is 0 Å². The van der Waals surface area contributed by atoms with E-state index in [1.807, 2.05) is 30.3 Å². The first-order valence-electron chi connectivity index (χ1n) is 6.35. The van der Waals surface area contributed by atoms with Gasteiger partial charge in [-0.05, 0) is 46.5 Å². The van der Waals surface area contributed by atoms with Crippen molar-refractivity contribution < 1.29 is 0 Å². The molecule has 0 bridgehead atoms. The van der Waals surface area contributed by atoms with Crippen molar-refractivity contribution in [1.82, 2.24) is 0 Å². The molecular formula is C18H12BrCl. The lowest BCUT2D eigenvalue weighted by atomic mass is 9.99. The fraction of sp³-hybridized carbons (Fsp3) is 0. The van der Waals surface area contributed by atoms with Gasteiger partial charge >= 0.3 is 0 Å². The lowest BCUT2D eigenvalue weighted by molar-refractivity contribution is 1.56. The third-order valence-corrected chi connectivity index (χ3v) is 4.17. The fourth-order valence-corrected chi connectivity index (χ4v) is 2.79. The summed E-state index contributed by atoms with van der Waals surface area (Å²) in [5, 5.41) is 0.758. The molecule has 0 atom stereocenters. The fourth-order valence-electron chi connectivity index (χ4n) is 2.19. The number of benzene rings is 3. The number of halogens is 2. The van der Waals surface area contributed by atoms with Crippen molar-refractivity contribution in [2.24, 2.45) is 0 Å². The lowest BCUT2D eigenvalue weighted by Gasteiger charge is -2.09. The summed E-state index contributed by atoms with van der Waals surface area (Å²) in [7, 11) is 0. The van der Waals surface area contributed by atoms with E-state index in [9.17, 15) is 0 Å². The topological polar surface area (TPSA) is 0 Å². The van der Waals surface area contributed by atoms with Crippen LogP contribution in [-0.2, 0) is 0 Å². The largest absolute Gasteiger partial charge is 0.0843 e. The molecule has 3 aromatic carbocycles. The summed E-state index contributed by atoms with van der Waals surface area (Å²) >= 11 is 9.57. The summed E-state index contributed by atoms with van der Waals surface area (Å²) in [6.45, 7) is 0. The van der Waals surface area contributed by atoms with Crippen LogP contribution < -0.4 is 0 Å². The highest BCUT2D eigenvalue weighted by Gasteiger charge is 2.05. The molecule has 0 saturated heterocycles. The van der Waals surface area contributed by atoms with Gasteiger partial charge in [-0.3, -0.25) is 0 Å². The van der Waals surface area contributed by atoms with Crippen LogP contribution in [0.25, 0.3) is 22.3 Å². The highest BCUT2D eigenvalue weighted by atomic mass is 79.9. The molecule has 0 amide bonds. The molecule has 2 heteroatoms. The second kappa shape index (κ2) is 5.82. The summed E-state index contributed by atoms with van der Waals surface area (Å²) < 4.78 is 1.10. The highest BCUT2D eigenvalue weighted by molar-refractivity contribution is 9.10. The van der Waals surface area contributed by atoms with Crippen LogP contribution in [0.1, 0.15) is 0 Å². The first-order chi connectivity index (χ1) is 9.74. The molecule has 0 fully saturated rings. The minimum Gasteiger partial charge on any atom is -0.0843 e. The molecule has 3 rings (SSSR count). The molecule has 0 saturated carbocycles. The Morgan fingerprint density at radius 3 is 2.00 bits per heavy atom. The number of hydrogen-bond donors (Lipinski definition) is 0. The second-order valence-corrected chi connectivity index (χ2v) is 5.86. The Bertz CT molecular complexity index is 718. The molecule has 0 unspecified atom stereocenters. The van der Waals surface area contributed by atoms with Gasteiger partial charge in [0.15, 0.2) is 0 Å². The third-order valence-electron chi connectivity index (χ3n) is 3.23. The number of hydrogen-bond acceptors (Lipinski definition) is 0. The predicted molar refractivity (Wildman–Crippen MR) is 90.0 cm³/mol. The Kier molecular flexibility index (Phi) is 3.90. The van der Waals surface area contributed by atoms with Crippen LogP contribution >= 0.6 is 27.5 Å². The average molecular weight is 344 g/mol. The monoisotopic (exact) mass is 342 g/mol. The molecule has 0 nitrogen and oxygen atoms in total. The van der Waals surface area contributed by atoms with Crippen LogP contribution in [0.15, 0.2) is 77.3 Å². The summed E-state index contributed by atoms with van der Waals surface area (Å²) in [6, 6.07) is 24.7. The minimum atomic E-state index is 0.758. The van der Waals surface area contributed by atoms with Crippen LogP contribution in [0.4, 0.5) is 0 Å². The van der Waals surface area contributed by atoms with E-state index in [0.29, 0.717) is 0 Å². The molecule has 0 N–H and O–H groups in total. The standard InChI is InChI=1S/C18H12BrCl/c19-18-11-8-15(13-6-9-16(20)10-7-13)12-17(18)14-4-2-1-3-5-14/h1-12H. The Morgan fingerprint density at radius 2 is 1.30 bits per heavy atom. The summed E-state index contributed by atoms with van der Waals surface area (Å²) in [5.74, 6) is 0. The van der Waals surface area contributed by atoms with E-state index in [1.165, 1.54) is 22.3 Å². The van der Waals surface area contributed by atoms with Gasteiger partial charge in [0, 0.05) is 9.50 Å². The molecule has 0 spiro atoms.